The lowest BCUT2D eigenvalue weighted by atomic mass is 10.2. The van der Waals surface area contributed by atoms with Gasteiger partial charge in [-0.1, -0.05) is 0 Å². The summed E-state index contributed by atoms with van der Waals surface area (Å²) in [6, 6.07) is 10.4. The molecule has 0 spiro atoms. The van der Waals surface area contributed by atoms with Gasteiger partial charge in [0.2, 0.25) is 0 Å². The number of hydrogen-bond donors (Lipinski definition) is 1. The van der Waals surface area contributed by atoms with E-state index >= 15 is 0 Å². The van der Waals surface area contributed by atoms with Crippen molar-refractivity contribution in [3.05, 3.63) is 54.1 Å². The third kappa shape index (κ3) is 2.44. The Bertz CT molecular complexity index is 875. The van der Waals surface area contributed by atoms with Crippen molar-refractivity contribution >= 4 is 22.6 Å². The minimum atomic E-state index is -0.288. The van der Waals surface area contributed by atoms with Gasteiger partial charge in [0, 0.05) is 24.5 Å². The van der Waals surface area contributed by atoms with E-state index in [1.165, 1.54) is 12.3 Å². The minimum absolute atomic E-state index is 0.211. The van der Waals surface area contributed by atoms with Gasteiger partial charge in [0.05, 0.1) is 17.4 Å². The first kappa shape index (κ1) is 12.8. The summed E-state index contributed by atoms with van der Waals surface area (Å²) in [4.78, 5) is 20.2. The number of nitriles is 1. The van der Waals surface area contributed by atoms with Crippen molar-refractivity contribution < 1.29 is 4.79 Å². The summed E-state index contributed by atoms with van der Waals surface area (Å²) >= 11 is 0. The van der Waals surface area contributed by atoms with Gasteiger partial charge in [-0.25, -0.2) is 9.97 Å². The molecule has 0 radical (unpaired) electrons. The van der Waals surface area contributed by atoms with E-state index < -0.39 is 0 Å². The summed E-state index contributed by atoms with van der Waals surface area (Å²) in [6.07, 6.45) is 3.16. The number of rotatable bonds is 2. The fourth-order valence-electron chi connectivity index (χ4n) is 2.05. The Labute approximate surface area is 120 Å². The van der Waals surface area contributed by atoms with Crippen LogP contribution in [0.1, 0.15) is 16.1 Å². The lowest BCUT2D eigenvalue weighted by Gasteiger charge is -2.05. The van der Waals surface area contributed by atoms with Crippen LogP contribution in [0.3, 0.4) is 0 Å². The summed E-state index contributed by atoms with van der Waals surface area (Å²) in [5, 5.41) is 11.6. The number of anilines is 1. The first-order chi connectivity index (χ1) is 10.2. The highest BCUT2D eigenvalue weighted by Gasteiger charge is 2.08. The average molecular weight is 277 g/mol. The maximum absolute atomic E-state index is 12.1. The Kier molecular flexibility index (Phi) is 3.09. The van der Waals surface area contributed by atoms with Crippen LogP contribution in [0.2, 0.25) is 0 Å². The number of imidazole rings is 1. The summed E-state index contributed by atoms with van der Waals surface area (Å²) in [6.45, 7) is 0. The molecule has 6 nitrogen and oxygen atoms in total. The highest BCUT2D eigenvalue weighted by atomic mass is 16.1. The van der Waals surface area contributed by atoms with Gasteiger partial charge >= 0.3 is 0 Å². The molecule has 0 aliphatic rings. The molecule has 1 N–H and O–H groups in total. The molecular formula is C15H11N5O. The third-order valence-corrected chi connectivity index (χ3v) is 3.12. The van der Waals surface area contributed by atoms with Crippen molar-refractivity contribution in [1.82, 2.24) is 14.5 Å². The highest BCUT2D eigenvalue weighted by Crippen LogP contribution is 2.18. The van der Waals surface area contributed by atoms with Gasteiger partial charge in [-0.2, -0.15) is 5.26 Å². The largest absolute Gasteiger partial charge is 0.334 e. The molecule has 0 saturated heterocycles. The summed E-state index contributed by atoms with van der Waals surface area (Å²) in [7, 11) is 1.91. The molecule has 3 aromatic rings. The molecule has 6 heteroatoms. The number of aromatic nitrogens is 3. The molecule has 3 rings (SSSR count). The van der Waals surface area contributed by atoms with Crippen molar-refractivity contribution in [2.75, 3.05) is 5.32 Å². The van der Waals surface area contributed by atoms with Gasteiger partial charge in [-0.05, 0) is 30.3 Å². The molecule has 2 aromatic heterocycles. The van der Waals surface area contributed by atoms with E-state index in [1.54, 1.807) is 18.5 Å². The maximum Gasteiger partial charge on any atom is 0.255 e. The zero-order chi connectivity index (χ0) is 14.8. The number of fused-ring (bicyclic) bond motifs is 1. The van der Waals surface area contributed by atoms with E-state index in [9.17, 15) is 4.79 Å². The van der Waals surface area contributed by atoms with E-state index in [-0.39, 0.29) is 11.6 Å². The summed E-state index contributed by atoms with van der Waals surface area (Å²) in [5.74, 6) is -0.288. The van der Waals surface area contributed by atoms with Gasteiger partial charge < -0.3 is 9.88 Å². The topological polar surface area (TPSA) is 83.6 Å². The molecule has 102 valence electrons. The standard InChI is InChI=1S/C15H11N5O/c1-20-9-18-13-7-11(2-3-14(13)20)19-15(21)10-4-5-17-12(6-10)8-16/h2-7,9H,1H3,(H,19,21). The van der Waals surface area contributed by atoms with Gasteiger partial charge in [0.15, 0.2) is 0 Å². The molecule has 0 atom stereocenters. The van der Waals surface area contributed by atoms with Gasteiger partial charge in [0.1, 0.15) is 11.8 Å². The van der Waals surface area contributed by atoms with E-state index in [4.69, 9.17) is 5.26 Å². The first-order valence-electron chi connectivity index (χ1n) is 6.26. The average Bonchev–Trinajstić information content (AvgIpc) is 2.88. The number of hydrogen-bond acceptors (Lipinski definition) is 4. The van der Waals surface area contributed by atoms with Crippen LogP contribution in [0.4, 0.5) is 5.69 Å². The molecule has 0 bridgehead atoms. The lowest BCUT2D eigenvalue weighted by Crippen LogP contribution is -2.12. The van der Waals surface area contributed by atoms with Gasteiger partial charge in [-0.15, -0.1) is 0 Å². The Hall–Kier alpha value is -3.20. The van der Waals surface area contributed by atoms with Crippen LogP contribution in [0.15, 0.2) is 42.9 Å². The minimum Gasteiger partial charge on any atom is -0.334 e. The molecule has 0 aliphatic carbocycles. The quantitative estimate of drug-likeness (QED) is 0.777. The highest BCUT2D eigenvalue weighted by molar-refractivity contribution is 6.05. The predicted molar refractivity (Wildman–Crippen MR) is 77.6 cm³/mol. The monoisotopic (exact) mass is 277 g/mol. The predicted octanol–water partition coefficient (Wildman–Crippen LogP) is 2.09. The van der Waals surface area contributed by atoms with Crippen molar-refractivity contribution in [2.45, 2.75) is 0 Å². The molecule has 0 saturated carbocycles. The Morgan fingerprint density at radius 1 is 1.29 bits per heavy atom. The number of aryl methyl sites for hydroxylation is 1. The van der Waals surface area contributed by atoms with Crippen LogP contribution in [-0.4, -0.2) is 20.4 Å². The summed E-state index contributed by atoms with van der Waals surface area (Å²) < 4.78 is 1.91. The van der Waals surface area contributed by atoms with Crippen molar-refractivity contribution in [2.24, 2.45) is 7.05 Å². The van der Waals surface area contributed by atoms with Crippen LogP contribution in [-0.2, 0) is 7.05 Å². The number of amides is 1. The second kappa shape index (κ2) is 5.06. The Morgan fingerprint density at radius 3 is 2.95 bits per heavy atom. The first-order valence-corrected chi connectivity index (χ1v) is 6.26. The van der Waals surface area contributed by atoms with Crippen molar-refractivity contribution in [1.29, 1.82) is 5.26 Å². The van der Waals surface area contributed by atoms with E-state index in [0.29, 0.717) is 11.3 Å². The SMILES string of the molecule is Cn1cnc2cc(NC(=O)c3ccnc(C#N)c3)ccc21. The van der Waals surface area contributed by atoms with Gasteiger partial charge in [-0.3, -0.25) is 4.79 Å². The maximum atomic E-state index is 12.1. The van der Waals surface area contributed by atoms with Crippen molar-refractivity contribution in [3.63, 3.8) is 0 Å². The fraction of sp³-hybridized carbons (Fsp3) is 0.0667. The second-order valence-corrected chi connectivity index (χ2v) is 4.55. The van der Waals surface area contributed by atoms with Crippen molar-refractivity contribution in [3.8, 4) is 6.07 Å². The third-order valence-electron chi connectivity index (χ3n) is 3.12. The number of pyridine rings is 1. The zero-order valence-corrected chi connectivity index (χ0v) is 11.2. The van der Waals surface area contributed by atoms with Crippen LogP contribution < -0.4 is 5.32 Å². The molecule has 0 aliphatic heterocycles. The molecule has 1 aromatic carbocycles. The molecular weight excluding hydrogens is 266 g/mol. The second-order valence-electron chi connectivity index (χ2n) is 4.55. The molecule has 21 heavy (non-hydrogen) atoms. The summed E-state index contributed by atoms with van der Waals surface area (Å²) in [5.41, 5.74) is 3.05. The van der Waals surface area contributed by atoms with E-state index in [2.05, 4.69) is 15.3 Å². The lowest BCUT2D eigenvalue weighted by molar-refractivity contribution is 0.102. The smallest absolute Gasteiger partial charge is 0.255 e. The molecule has 0 fully saturated rings. The number of nitrogens with zero attached hydrogens (tertiary/aromatic N) is 4. The number of benzene rings is 1. The molecule has 1 amide bonds. The van der Waals surface area contributed by atoms with Crippen LogP contribution in [0, 0.1) is 11.3 Å². The Balaban J connectivity index is 1.87. The van der Waals surface area contributed by atoms with Crippen LogP contribution >= 0.6 is 0 Å². The molecule has 0 unspecified atom stereocenters. The number of carbonyl (C=O) groups is 1. The fourth-order valence-corrected chi connectivity index (χ4v) is 2.05. The number of nitrogens with one attached hydrogen (secondary N) is 1. The molecule has 2 heterocycles. The van der Waals surface area contributed by atoms with Crippen LogP contribution in [0.5, 0.6) is 0 Å². The normalized spacial score (nSPS) is 10.3. The number of carbonyl (C=O) groups excluding carboxylic acids is 1. The van der Waals surface area contributed by atoms with E-state index in [1.807, 2.05) is 29.8 Å². The Morgan fingerprint density at radius 2 is 2.14 bits per heavy atom. The van der Waals surface area contributed by atoms with Gasteiger partial charge in [0.25, 0.3) is 5.91 Å². The van der Waals surface area contributed by atoms with Crippen LogP contribution in [0.25, 0.3) is 11.0 Å². The van der Waals surface area contributed by atoms with E-state index in [0.717, 1.165) is 11.0 Å². The zero-order valence-electron chi connectivity index (χ0n) is 11.2.